The standard InChI is InChI=1S/C16H22N2/c1-16(2,3)15(17)9-7-12-6-8-14-13(11-12)5-4-10-18-14/h4-6,8,10-11,15H,7,9,17H2,1-3H3. The molecule has 0 fully saturated rings. The number of aryl methyl sites for hydroxylation is 1. The smallest absolute Gasteiger partial charge is 0.0702 e. The molecule has 0 radical (unpaired) electrons. The molecule has 2 rings (SSSR count). The van der Waals surface area contributed by atoms with E-state index in [4.69, 9.17) is 5.73 Å². The molecule has 0 saturated heterocycles. The van der Waals surface area contributed by atoms with Gasteiger partial charge in [0.1, 0.15) is 0 Å². The Morgan fingerprint density at radius 2 is 2.00 bits per heavy atom. The number of rotatable bonds is 3. The summed E-state index contributed by atoms with van der Waals surface area (Å²) in [6.45, 7) is 6.59. The van der Waals surface area contributed by atoms with Crippen LogP contribution in [0.1, 0.15) is 32.8 Å². The van der Waals surface area contributed by atoms with Gasteiger partial charge in [-0.3, -0.25) is 4.98 Å². The van der Waals surface area contributed by atoms with Gasteiger partial charge < -0.3 is 5.73 Å². The maximum Gasteiger partial charge on any atom is 0.0702 e. The number of hydrogen-bond donors (Lipinski definition) is 1. The molecule has 1 unspecified atom stereocenters. The van der Waals surface area contributed by atoms with Gasteiger partial charge in [0.2, 0.25) is 0 Å². The highest BCUT2D eigenvalue weighted by atomic mass is 14.7. The minimum absolute atomic E-state index is 0.179. The van der Waals surface area contributed by atoms with E-state index in [9.17, 15) is 0 Å². The summed E-state index contributed by atoms with van der Waals surface area (Å²) in [6, 6.07) is 10.8. The van der Waals surface area contributed by atoms with Crippen molar-refractivity contribution < 1.29 is 0 Å². The summed E-state index contributed by atoms with van der Waals surface area (Å²) in [5, 5.41) is 1.21. The summed E-state index contributed by atoms with van der Waals surface area (Å²) in [6.07, 6.45) is 3.88. The van der Waals surface area contributed by atoms with Crippen molar-refractivity contribution in [3.63, 3.8) is 0 Å². The number of fused-ring (bicyclic) bond motifs is 1. The highest BCUT2D eigenvalue weighted by Crippen LogP contribution is 2.22. The van der Waals surface area contributed by atoms with E-state index in [0.29, 0.717) is 0 Å². The first-order valence-corrected chi connectivity index (χ1v) is 6.56. The third kappa shape index (κ3) is 3.08. The summed E-state index contributed by atoms with van der Waals surface area (Å²) in [7, 11) is 0. The van der Waals surface area contributed by atoms with Crippen molar-refractivity contribution in [3.8, 4) is 0 Å². The van der Waals surface area contributed by atoms with E-state index in [1.165, 1.54) is 10.9 Å². The number of nitrogens with two attached hydrogens (primary N) is 1. The molecule has 96 valence electrons. The molecule has 0 aliphatic heterocycles. The van der Waals surface area contributed by atoms with Gasteiger partial charge in [0.25, 0.3) is 0 Å². The van der Waals surface area contributed by atoms with E-state index in [0.717, 1.165) is 18.4 Å². The topological polar surface area (TPSA) is 38.9 Å². The van der Waals surface area contributed by atoms with Crippen LogP contribution in [-0.2, 0) is 6.42 Å². The molecular formula is C16H22N2. The minimum Gasteiger partial charge on any atom is -0.327 e. The first-order chi connectivity index (χ1) is 8.47. The summed E-state index contributed by atoms with van der Waals surface area (Å²) in [5.74, 6) is 0. The lowest BCUT2D eigenvalue weighted by Gasteiger charge is -2.27. The quantitative estimate of drug-likeness (QED) is 0.894. The van der Waals surface area contributed by atoms with Crippen LogP contribution in [0.15, 0.2) is 36.5 Å². The summed E-state index contributed by atoms with van der Waals surface area (Å²) in [5.41, 5.74) is 8.78. The van der Waals surface area contributed by atoms with Crippen molar-refractivity contribution in [1.29, 1.82) is 0 Å². The van der Waals surface area contributed by atoms with Crippen LogP contribution >= 0.6 is 0 Å². The van der Waals surface area contributed by atoms with E-state index >= 15 is 0 Å². The van der Waals surface area contributed by atoms with Crippen LogP contribution in [-0.4, -0.2) is 11.0 Å². The molecule has 1 aromatic heterocycles. The summed E-state index contributed by atoms with van der Waals surface area (Å²) >= 11 is 0. The van der Waals surface area contributed by atoms with Gasteiger partial charge in [0.05, 0.1) is 5.52 Å². The normalized spacial score (nSPS) is 13.8. The van der Waals surface area contributed by atoms with Crippen molar-refractivity contribution in [1.82, 2.24) is 4.98 Å². The molecule has 0 spiro atoms. The van der Waals surface area contributed by atoms with Gasteiger partial charge >= 0.3 is 0 Å². The fourth-order valence-electron chi connectivity index (χ4n) is 2.04. The molecular weight excluding hydrogens is 220 g/mol. The summed E-state index contributed by atoms with van der Waals surface area (Å²) < 4.78 is 0. The zero-order valence-electron chi connectivity index (χ0n) is 11.5. The van der Waals surface area contributed by atoms with E-state index in [1.54, 1.807) is 0 Å². The van der Waals surface area contributed by atoms with Gasteiger partial charge in [-0.2, -0.15) is 0 Å². The Kier molecular flexibility index (Phi) is 3.67. The van der Waals surface area contributed by atoms with Crippen LogP contribution in [0.4, 0.5) is 0 Å². The predicted molar refractivity (Wildman–Crippen MR) is 77.5 cm³/mol. The molecule has 2 nitrogen and oxygen atoms in total. The fourth-order valence-corrected chi connectivity index (χ4v) is 2.04. The highest BCUT2D eigenvalue weighted by molar-refractivity contribution is 5.78. The van der Waals surface area contributed by atoms with Crippen LogP contribution in [0.2, 0.25) is 0 Å². The maximum atomic E-state index is 6.20. The lowest BCUT2D eigenvalue weighted by molar-refractivity contribution is 0.306. The number of aromatic nitrogens is 1. The highest BCUT2D eigenvalue weighted by Gasteiger charge is 2.19. The zero-order chi connectivity index (χ0) is 13.2. The number of pyridine rings is 1. The van der Waals surface area contributed by atoms with E-state index in [-0.39, 0.29) is 11.5 Å². The molecule has 2 N–H and O–H groups in total. The largest absolute Gasteiger partial charge is 0.327 e. The number of nitrogens with zero attached hydrogens (tertiary/aromatic N) is 1. The molecule has 2 heteroatoms. The predicted octanol–water partition coefficient (Wildman–Crippen LogP) is 3.54. The Labute approximate surface area is 109 Å². The Bertz CT molecular complexity index is 526. The Balaban J connectivity index is 2.08. The second-order valence-corrected chi connectivity index (χ2v) is 6.04. The van der Waals surface area contributed by atoms with E-state index in [2.05, 4.69) is 50.0 Å². The number of benzene rings is 1. The van der Waals surface area contributed by atoms with Gasteiger partial charge in [-0.1, -0.05) is 32.9 Å². The van der Waals surface area contributed by atoms with Gasteiger partial charge in [-0.25, -0.2) is 0 Å². The Hall–Kier alpha value is -1.41. The van der Waals surface area contributed by atoms with Crippen molar-refractivity contribution in [2.24, 2.45) is 11.1 Å². The van der Waals surface area contributed by atoms with Crippen LogP contribution in [0.5, 0.6) is 0 Å². The average molecular weight is 242 g/mol. The third-order valence-corrected chi connectivity index (χ3v) is 3.52. The maximum absolute atomic E-state index is 6.20. The van der Waals surface area contributed by atoms with Gasteiger partial charge in [-0.15, -0.1) is 0 Å². The summed E-state index contributed by atoms with van der Waals surface area (Å²) in [4.78, 5) is 4.33. The molecule has 0 aliphatic rings. The van der Waals surface area contributed by atoms with E-state index in [1.807, 2.05) is 12.3 Å². The molecule has 0 aliphatic carbocycles. The fraction of sp³-hybridized carbons (Fsp3) is 0.438. The monoisotopic (exact) mass is 242 g/mol. The zero-order valence-corrected chi connectivity index (χ0v) is 11.5. The molecule has 1 heterocycles. The van der Waals surface area contributed by atoms with Crippen LogP contribution in [0.3, 0.4) is 0 Å². The average Bonchev–Trinajstić information content (AvgIpc) is 2.34. The van der Waals surface area contributed by atoms with Crippen LogP contribution < -0.4 is 5.73 Å². The molecule has 18 heavy (non-hydrogen) atoms. The van der Waals surface area contributed by atoms with Crippen LogP contribution in [0, 0.1) is 5.41 Å². The van der Waals surface area contributed by atoms with Crippen molar-refractivity contribution in [2.45, 2.75) is 39.7 Å². The lowest BCUT2D eigenvalue weighted by atomic mass is 9.84. The van der Waals surface area contributed by atoms with Gasteiger partial charge in [-0.05, 0) is 42.0 Å². The molecule has 1 atom stereocenters. The van der Waals surface area contributed by atoms with Crippen molar-refractivity contribution in [2.75, 3.05) is 0 Å². The van der Waals surface area contributed by atoms with Gasteiger partial charge in [0, 0.05) is 17.6 Å². The van der Waals surface area contributed by atoms with Crippen LogP contribution in [0.25, 0.3) is 10.9 Å². The molecule has 1 aromatic carbocycles. The second-order valence-electron chi connectivity index (χ2n) is 6.04. The first kappa shape index (κ1) is 13.0. The van der Waals surface area contributed by atoms with Gasteiger partial charge in [0.15, 0.2) is 0 Å². The number of hydrogen-bond acceptors (Lipinski definition) is 2. The minimum atomic E-state index is 0.179. The van der Waals surface area contributed by atoms with E-state index < -0.39 is 0 Å². The SMILES string of the molecule is CC(C)(C)C(N)CCc1ccc2ncccc2c1. The molecule has 0 amide bonds. The molecule has 0 saturated carbocycles. The van der Waals surface area contributed by atoms with Crippen molar-refractivity contribution >= 4 is 10.9 Å². The Morgan fingerprint density at radius 3 is 2.72 bits per heavy atom. The second kappa shape index (κ2) is 5.07. The third-order valence-electron chi connectivity index (χ3n) is 3.52. The Morgan fingerprint density at radius 1 is 1.22 bits per heavy atom. The van der Waals surface area contributed by atoms with Crippen molar-refractivity contribution in [3.05, 3.63) is 42.1 Å². The lowest BCUT2D eigenvalue weighted by Crippen LogP contribution is -2.35. The molecule has 2 aromatic rings. The first-order valence-electron chi connectivity index (χ1n) is 6.56. The molecule has 0 bridgehead atoms.